The Morgan fingerprint density at radius 3 is 2.88 bits per heavy atom. The predicted molar refractivity (Wildman–Crippen MR) is 72.2 cm³/mol. The van der Waals surface area contributed by atoms with E-state index in [0.717, 1.165) is 24.8 Å². The molecule has 1 rings (SSSR count). The molecule has 0 radical (unpaired) electrons. The van der Waals surface area contributed by atoms with Gasteiger partial charge in [-0.2, -0.15) is 0 Å². The Balaban J connectivity index is 2.89. The van der Waals surface area contributed by atoms with Crippen LogP contribution >= 0.6 is 11.6 Å². The molecule has 0 aliphatic heterocycles. The third-order valence-corrected chi connectivity index (χ3v) is 2.41. The van der Waals surface area contributed by atoms with Gasteiger partial charge in [-0.1, -0.05) is 36.8 Å². The molecule has 0 aliphatic rings. The molecule has 1 aromatic rings. The number of carbonyl (C=O) groups is 1. The summed E-state index contributed by atoms with van der Waals surface area (Å²) in [5, 5.41) is 3.37. The average Bonchev–Trinajstić information content (AvgIpc) is 2.27. The number of unbranched alkanes of at least 4 members (excludes halogenated alkanes) is 2. The summed E-state index contributed by atoms with van der Waals surface area (Å²) >= 11 is 5.91. The SMILES string of the molecule is CCCCC#Cc1cc(Cl)ccc1NC(C)=O. The monoisotopic (exact) mass is 249 g/mol. The van der Waals surface area contributed by atoms with Crippen molar-refractivity contribution < 1.29 is 4.79 Å². The van der Waals surface area contributed by atoms with Crippen LogP contribution in [0.25, 0.3) is 0 Å². The number of hydrogen-bond acceptors (Lipinski definition) is 1. The minimum atomic E-state index is -0.107. The highest BCUT2D eigenvalue weighted by molar-refractivity contribution is 6.30. The van der Waals surface area contributed by atoms with Crippen molar-refractivity contribution in [2.24, 2.45) is 0 Å². The van der Waals surface area contributed by atoms with Crippen LogP contribution in [0.3, 0.4) is 0 Å². The number of amides is 1. The zero-order chi connectivity index (χ0) is 12.7. The van der Waals surface area contributed by atoms with E-state index in [1.165, 1.54) is 6.92 Å². The second kappa shape index (κ2) is 6.98. The predicted octanol–water partition coefficient (Wildman–Crippen LogP) is 3.84. The van der Waals surface area contributed by atoms with Gasteiger partial charge in [-0.3, -0.25) is 4.79 Å². The standard InChI is InChI=1S/C14H16ClNO/c1-3-4-5-6-7-12-10-13(15)8-9-14(12)16-11(2)17/h8-10H,3-5H2,1-2H3,(H,16,17). The maximum Gasteiger partial charge on any atom is 0.221 e. The zero-order valence-electron chi connectivity index (χ0n) is 10.1. The topological polar surface area (TPSA) is 29.1 Å². The molecule has 0 heterocycles. The van der Waals surface area contributed by atoms with Crippen molar-refractivity contribution in [1.82, 2.24) is 0 Å². The van der Waals surface area contributed by atoms with E-state index in [4.69, 9.17) is 11.6 Å². The Hall–Kier alpha value is -1.46. The third kappa shape index (κ3) is 4.93. The fourth-order valence-electron chi connectivity index (χ4n) is 1.34. The molecular formula is C14H16ClNO. The Bertz CT molecular complexity index is 457. The van der Waals surface area contributed by atoms with Crippen LogP contribution in [0, 0.1) is 11.8 Å². The molecule has 0 unspecified atom stereocenters. The normalized spacial score (nSPS) is 9.35. The van der Waals surface area contributed by atoms with Crippen LogP contribution in [-0.2, 0) is 4.79 Å². The van der Waals surface area contributed by atoms with Crippen LogP contribution in [0.5, 0.6) is 0 Å². The maximum atomic E-state index is 11.0. The summed E-state index contributed by atoms with van der Waals surface area (Å²) in [5.41, 5.74) is 1.48. The molecule has 0 spiro atoms. The van der Waals surface area contributed by atoms with Crippen molar-refractivity contribution >= 4 is 23.2 Å². The van der Waals surface area contributed by atoms with Gasteiger partial charge in [0.25, 0.3) is 0 Å². The molecule has 0 aromatic heterocycles. The summed E-state index contributed by atoms with van der Waals surface area (Å²) in [5.74, 6) is 6.02. The smallest absolute Gasteiger partial charge is 0.221 e. The first kappa shape index (κ1) is 13.6. The summed E-state index contributed by atoms with van der Waals surface area (Å²) < 4.78 is 0. The average molecular weight is 250 g/mol. The van der Waals surface area contributed by atoms with E-state index in [9.17, 15) is 4.79 Å². The zero-order valence-corrected chi connectivity index (χ0v) is 10.9. The molecule has 0 aliphatic carbocycles. The third-order valence-electron chi connectivity index (χ3n) is 2.17. The lowest BCUT2D eigenvalue weighted by Crippen LogP contribution is -2.07. The van der Waals surface area contributed by atoms with E-state index in [1.807, 2.05) is 0 Å². The van der Waals surface area contributed by atoms with Crippen LogP contribution in [0.15, 0.2) is 18.2 Å². The molecule has 0 saturated carbocycles. The van der Waals surface area contributed by atoms with Gasteiger partial charge in [-0.25, -0.2) is 0 Å². The second-order valence-corrected chi connectivity index (χ2v) is 4.21. The summed E-state index contributed by atoms with van der Waals surface area (Å²) in [4.78, 5) is 11.0. The first-order valence-electron chi connectivity index (χ1n) is 5.69. The van der Waals surface area contributed by atoms with Crippen LogP contribution in [0.2, 0.25) is 5.02 Å². The van der Waals surface area contributed by atoms with Gasteiger partial charge < -0.3 is 5.32 Å². The summed E-state index contributed by atoms with van der Waals surface area (Å²) in [6.45, 7) is 3.60. The van der Waals surface area contributed by atoms with Crippen LogP contribution < -0.4 is 5.32 Å². The lowest BCUT2D eigenvalue weighted by molar-refractivity contribution is -0.114. The quantitative estimate of drug-likeness (QED) is 0.640. The lowest BCUT2D eigenvalue weighted by Gasteiger charge is -2.05. The fourth-order valence-corrected chi connectivity index (χ4v) is 1.51. The maximum absolute atomic E-state index is 11.0. The molecule has 1 amide bonds. The minimum Gasteiger partial charge on any atom is -0.325 e. The van der Waals surface area contributed by atoms with Gasteiger partial charge in [0.15, 0.2) is 0 Å². The van der Waals surface area contributed by atoms with Crippen molar-refractivity contribution in [2.45, 2.75) is 33.1 Å². The first-order valence-corrected chi connectivity index (χ1v) is 6.07. The number of benzene rings is 1. The van der Waals surface area contributed by atoms with Gasteiger partial charge in [0.2, 0.25) is 5.91 Å². The van der Waals surface area contributed by atoms with Crippen LogP contribution in [0.1, 0.15) is 38.7 Å². The molecule has 3 heteroatoms. The Kier molecular flexibility index (Phi) is 5.59. The van der Waals surface area contributed by atoms with Gasteiger partial charge in [0.05, 0.1) is 5.69 Å². The summed E-state index contributed by atoms with van der Waals surface area (Å²) in [6, 6.07) is 5.28. The van der Waals surface area contributed by atoms with Crippen LogP contribution in [0.4, 0.5) is 5.69 Å². The van der Waals surface area contributed by atoms with E-state index in [1.54, 1.807) is 18.2 Å². The van der Waals surface area contributed by atoms with E-state index >= 15 is 0 Å². The van der Waals surface area contributed by atoms with Crippen molar-refractivity contribution in [1.29, 1.82) is 0 Å². The minimum absolute atomic E-state index is 0.107. The van der Waals surface area contributed by atoms with Gasteiger partial charge >= 0.3 is 0 Å². The first-order chi connectivity index (χ1) is 8.13. The molecular weight excluding hydrogens is 234 g/mol. The number of nitrogens with one attached hydrogen (secondary N) is 1. The van der Waals surface area contributed by atoms with Crippen molar-refractivity contribution in [3.63, 3.8) is 0 Å². The summed E-state index contributed by atoms with van der Waals surface area (Å²) in [6.07, 6.45) is 3.08. The number of hydrogen-bond donors (Lipinski definition) is 1. The largest absolute Gasteiger partial charge is 0.325 e. The van der Waals surface area contributed by atoms with E-state index < -0.39 is 0 Å². The van der Waals surface area contributed by atoms with Gasteiger partial charge in [0, 0.05) is 23.9 Å². The lowest BCUT2D eigenvalue weighted by atomic mass is 10.1. The molecule has 1 N–H and O–H groups in total. The molecule has 0 fully saturated rings. The number of anilines is 1. The molecule has 2 nitrogen and oxygen atoms in total. The van der Waals surface area contributed by atoms with Crippen molar-refractivity contribution in [2.75, 3.05) is 5.32 Å². The molecule has 0 atom stereocenters. The summed E-state index contributed by atoms with van der Waals surface area (Å²) in [7, 11) is 0. The van der Waals surface area contributed by atoms with Gasteiger partial charge in [0.1, 0.15) is 0 Å². The van der Waals surface area contributed by atoms with E-state index in [-0.39, 0.29) is 5.91 Å². The highest BCUT2D eigenvalue weighted by Gasteiger charge is 2.02. The fraction of sp³-hybridized carbons (Fsp3) is 0.357. The Morgan fingerprint density at radius 1 is 1.47 bits per heavy atom. The molecule has 0 bridgehead atoms. The number of rotatable bonds is 3. The van der Waals surface area contributed by atoms with Gasteiger partial charge in [-0.15, -0.1) is 0 Å². The molecule has 1 aromatic carbocycles. The van der Waals surface area contributed by atoms with Crippen molar-refractivity contribution in [3.8, 4) is 11.8 Å². The Morgan fingerprint density at radius 2 is 2.24 bits per heavy atom. The molecule has 90 valence electrons. The molecule has 0 saturated heterocycles. The second-order valence-electron chi connectivity index (χ2n) is 3.78. The van der Waals surface area contributed by atoms with Gasteiger partial charge in [-0.05, 0) is 24.6 Å². The highest BCUT2D eigenvalue weighted by Crippen LogP contribution is 2.19. The van der Waals surface area contributed by atoms with Crippen molar-refractivity contribution in [3.05, 3.63) is 28.8 Å². The number of halogens is 1. The van der Waals surface area contributed by atoms with Crippen LogP contribution in [-0.4, -0.2) is 5.91 Å². The Labute approximate surface area is 107 Å². The highest BCUT2D eigenvalue weighted by atomic mass is 35.5. The molecule has 17 heavy (non-hydrogen) atoms. The van der Waals surface area contributed by atoms with E-state index in [0.29, 0.717) is 10.7 Å². The van der Waals surface area contributed by atoms with E-state index in [2.05, 4.69) is 24.1 Å². The number of carbonyl (C=O) groups excluding carboxylic acids is 1.